The molecule has 110 valence electrons. The van der Waals surface area contributed by atoms with E-state index < -0.39 is 0 Å². The van der Waals surface area contributed by atoms with Crippen molar-refractivity contribution in [2.24, 2.45) is 0 Å². The minimum absolute atomic E-state index is 0.283. The largest absolute Gasteiger partial charge is 0.397 e. The number of carbonyl (C=O) groups is 1. The molecule has 0 aliphatic carbocycles. The number of nitrogens with zero attached hydrogens (tertiary/aromatic N) is 1. The molecule has 0 radical (unpaired) electrons. The maximum absolute atomic E-state index is 12.2. The second-order valence-electron chi connectivity index (χ2n) is 4.75. The molecule has 2 aromatic rings. The van der Waals surface area contributed by atoms with Gasteiger partial charge in [0, 0.05) is 24.7 Å². The third-order valence-electron chi connectivity index (χ3n) is 2.93. The summed E-state index contributed by atoms with van der Waals surface area (Å²) in [6.07, 6.45) is 0. The van der Waals surface area contributed by atoms with E-state index in [0.717, 1.165) is 5.69 Å². The summed E-state index contributed by atoms with van der Waals surface area (Å²) in [7, 11) is 3.73. The zero-order valence-corrected chi connectivity index (χ0v) is 13.2. The van der Waals surface area contributed by atoms with Crippen LogP contribution < -0.4 is 16.0 Å². The third-order valence-corrected chi connectivity index (χ3v) is 3.48. The van der Waals surface area contributed by atoms with Crippen LogP contribution in [0.1, 0.15) is 10.4 Å². The summed E-state index contributed by atoms with van der Waals surface area (Å²) in [5.74, 6) is -0.283. The van der Waals surface area contributed by atoms with Crippen molar-refractivity contribution in [1.29, 1.82) is 0 Å². The number of carbonyl (C=O) groups excluding carboxylic acids is 1. The van der Waals surface area contributed by atoms with E-state index in [1.807, 2.05) is 19.0 Å². The third kappa shape index (κ3) is 3.60. The van der Waals surface area contributed by atoms with Crippen molar-refractivity contribution >= 4 is 46.2 Å². The Morgan fingerprint density at radius 2 is 1.90 bits per heavy atom. The van der Waals surface area contributed by atoms with Crippen LogP contribution >= 0.6 is 23.2 Å². The van der Waals surface area contributed by atoms with Gasteiger partial charge < -0.3 is 16.0 Å². The summed E-state index contributed by atoms with van der Waals surface area (Å²) >= 11 is 12.0. The molecule has 1 amide bonds. The number of nitrogens with two attached hydrogens (primary N) is 1. The van der Waals surface area contributed by atoms with E-state index in [1.54, 1.807) is 36.4 Å². The number of nitrogens with one attached hydrogen (secondary N) is 1. The quantitative estimate of drug-likeness (QED) is 0.842. The molecular formula is C15H15Cl2N3O. The Morgan fingerprint density at radius 1 is 1.19 bits per heavy atom. The lowest BCUT2D eigenvalue weighted by Gasteiger charge is -2.18. The first kappa shape index (κ1) is 15.5. The minimum Gasteiger partial charge on any atom is -0.397 e. The second-order valence-corrected chi connectivity index (χ2v) is 5.59. The summed E-state index contributed by atoms with van der Waals surface area (Å²) in [6.45, 7) is 0. The molecule has 21 heavy (non-hydrogen) atoms. The summed E-state index contributed by atoms with van der Waals surface area (Å²) in [6, 6.07) is 10.0. The van der Waals surface area contributed by atoms with Crippen LogP contribution in [0.3, 0.4) is 0 Å². The molecular weight excluding hydrogens is 309 g/mol. The van der Waals surface area contributed by atoms with Crippen LogP contribution in [0.2, 0.25) is 10.0 Å². The topological polar surface area (TPSA) is 58.4 Å². The monoisotopic (exact) mass is 323 g/mol. The first-order valence-corrected chi connectivity index (χ1v) is 6.97. The van der Waals surface area contributed by atoms with Crippen LogP contribution in [0.4, 0.5) is 17.1 Å². The molecule has 4 nitrogen and oxygen atoms in total. The number of halogens is 2. The van der Waals surface area contributed by atoms with Gasteiger partial charge in [0.05, 0.1) is 22.1 Å². The fourth-order valence-electron chi connectivity index (χ4n) is 1.88. The van der Waals surface area contributed by atoms with Gasteiger partial charge in [0.15, 0.2) is 0 Å². The zero-order valence-electron chi connectivity index (χ0n) is 11.7. The summed E-state index contributed by atoms with van der Waals surface area (Å²) < 4.78 is 0. The molecule has 0 aromatic heterocycles. The predicted octanol–water partition coefficient (Wildman–Crippen LogP) is 3.89. The van der Waals surface area contributed by atoms with Crippen molar-refractivity contribution in [3.63, 3.8) is 0 Å². The Balaban J connectivity index is 2.31. The zero-order chi connectivity index (χ0) is 15.6. The smallest absolute Gasteiger partial charge is 0.255 e. The molecule has 0 saturated heterocycles. The van der Waals surface area contributed by atoms with Gasteiger partial charge in [0.1, 0.15) is 0 Å². The molecule has 0 unspecified atom stereocenters. The Morgan fingerprint density at radius 3 is 2.52 bits per heavy atom. The first-order chi connectivity index (χ1) is 9.88. The van der Waals surface area contributed by atoms with E-state index in [2.05, 4.69) is 5.32 Å². The van der Waals surface area contributed by atoms with Crippen molar-refractivity contribution in [3.8, 4) is 0 Å². The van der Waals surface area contributed by atoms with Crippen molar-refractivity contribution in [2.45, 2.75) is 0 Å². The van der Waals surface area contributed by atoms with Crippen molar-refractivity contribution in [2.75, 3.05) is 30.0 Å². The Bertz CT molecular complexity index is 687. The van der Waals surface area contributed by atoms with Crippen LogP contribution in [0, 0.1) is 0 Å². The predicted molar refractivity (Wildman–Crippen MR) is 89.6 cm³/mol. The maximum Gasteiger partial charge on any atom is 0.255 e. The molecule has 2 aromatic carbocycles. The van der Waals surface area contributed by atoms with E-state index in [1.165, 1.54) is 0 Å². The van der Waals surface area contributed by atoms with Crippen molar-refractivity contribution in [3.05, 3.63) is 52.0 Å². The minimum atomic E-state index is -0.283. The van der Waals surface area contributed by atoms with Crippen LogP contribution in [-0.4, -0.2) is 20.0 Å². The van der Waals surface area contributed by atoms with E-state index in [4.69, 9.17) is 28.9 Å². The number of rotatable bonds is 3. The van der Waals surface area contributed by atoms with Crippen LogP contribution in [0.15, 0.2) is 36.4 Å². The van der Waals surface area contributed by atoms with E-state index in [-0.39, 0.29) is 5.91 Å². The van der Waals surface area contributed by atoms with Crippen LogP contribution in [-0.2, 0) is 0 Å². The number of amides is 1. The highest BCUT2D eigenvalue weighted by Gasteiger charge is 2.12. The average molecular weight is 324 g/mol. The van der Waals surface area contributed by atoms with Gasteiger partial charge in [-0.15, -0.1) is 0 Å². The lowest BCUT2D eigenvalue weighted by atomic mass is 10.2. The highest BCUT2D eigenvalue weighted by atomic mass is 35.5. The van der Waals surface area contributed by atoms with Gasteiger partial charge in [-0.1, -0.05) is 29.3 Å². The molecule has 2 rings (SSSR count). The van der Waals surface area contributed by atoms with E-state index in [0.29, 0.717) is 27.0 Å². The Labute approximate surface area is 133 Å². The lowest BCUT2D eigenvalue weighted by Crippen LogP contribution is -2.15. The Kier molecular flexibility index (Phi) is 4.60. The summed E-state index contributed by atoms with van der Waals surface area (Å²) in [4.78, 5) is 14.1. The number of benzene rings is 2. The fraction of sp³-hybridized carbons (Fsp3) is 0.133. The van der Waals surface area contributed by atoms with Gasteiger partial charge in [-0.2, -0.15) is 0 Å². The number of nitrogen functional groups attached to an aromatic ring is 1. The lowest BCUT2D eigenvalue weighted by molar-refractivity contribution is 0.102. The van der Waals surface area contributed by atoms with Gasteiger partial charge in [-0.05, 0) is 30.3 Å². The van der Waals surface area contributed by atoms with Gasteiger partial charge in [0.25, 0.3) is 5.91 Å². The molecule has 0 aliphatic heterocycles. The second kappa shape index (κ2) is 6.24. The molecule has 0 spiro atoms. The molecule has 0 saturated carbocycles. The van der Waals surface area contributed by atoms with Gasteiger partial charge in [0.2, 0.25) is 0 Å². The van der Waals surface area contributed by atoms with Gasteiger partial charge in [-0.25, -0.2) is 0 Å². The van der Waals surface area contributed by atoms with Crippen LogP contribution in [0.25, 0.3) is 0 Å². The van der Waals surface area contributed by atoms with E-state index in [9.17, 15) is 4.79 Å². The van der Waals surface area contributed by atoms with Crippen molar-refractivity contribution < 1.29 is 4.79 Å². The van der Waals surface area contributed by atoms with Crippen LogP contribution in [0.5, 0.6) is 0 Å². The first-order valence-electron chi connectivity index (χ1n) is 6.21. The number of anilines is 3. The molecule has 0 fully saturated rings. The van der Waals surface area contributed by atoms with E-state index >= 15 is 0 Å². The molecule has 3 N–H and O–H groups in total. The number of hydrogen-bond acceptors (Lipinski definition) is 3. The standard InChI is InChI=1S/C15H15Cl2N3O/c1-20(2)14-8-13(11(17)7-12(14)18)19-15(21)9-4-3-5-10(16)6-9/h3-8H,18H2,1-2H3,(H,19,21). The molecule has 0 atom stereocenters. The average Bonchev–Trinajstić information content (AvgIpc) is 2.41. The maximum atomic E-state index is 12.2. The summed E-state index contributed by atoms with van der Waals surface area (Å²) in [5.41, 5.74) is 8.18. The normalized spacial score (nSPS) is 10.3. The highest BCUT2D eigenvalue weighted by molar-refractivity contribution is 6.34. The molecule has 0 aliphatic rings. The fourth-order valence-corrected chi connectivity index (χ4v) is 2.29. The molecule has 6 heteroatoms. The SMILES string of the molecule is CN(C)c1cc(NC(=O)c2cccc(Cl)c2)c(Cl)cc1N. The van der Waals surface area contributed by atoms with Gasteiger partial charge in [-0.3, -0.25) is 4.79 Å². The van der Waals surface area contributed by atoms with Crippen molar-refractivity contribution in [1.82, 2.24) is 0 Å². The number of hydrogen-bond donors (Lipinski definition) is 2. The highest BCUT2D eigenvalue weighted by Crippen LogP contribution is 2.32. The summed E-state index contributed by atoms with van der Waals surface area (Å²) in [5, 5.41) is 3.65. The molecule has 0 heterocycles. The molecule has 0 bridgehead atoms. The van der Waals surface area contributed by atoms with Gasteiger partial charge >= 0.3 is 0 Å². The Hall–Kier alpha value is -1.91.